The van der Waals surface area contributed by atoms with E-state index in [4.69, 9.17) is 17.3 Å². The van der Waals surface area contributed by atoms with Gasteiger partial charge in [0.05, 0.1) is 5.92 Å². The lowest BCUT2D eigenvalue weighted by Gasteiger charge is -2.11. The van der Waals surface area contributed by atoms with Gasteiger partial charge in [-0.2, -0.15) is 0 Å². The zero-order valence-corrected chi connectivity index (χ0v) is 9.16. The van der Waals surface area contributed by atoms with Gasteiger partial charge in [-0.25, -0.2) is 0 Å². The molecule has 0 fully saturated rings. The zero-order chi connectivity index (χ0) is 11.3. The molecule has 82 valence electrons. The fourth-order valence-electron chi connectivity index (χ4n) is 1.07. The number of aromatic nitrogens is 2. The van der Waals surface area contributed by atoms with Crippen molar-refractivity contribution in [1.82, 2.24) is 10.2 Å². The summed E-state index contributed by atoms with van der Waals surface area (Å²) in [6.07, 6.45) is 0.698. The molecule has 6 heteroatoms. The van der Waals surface area contributed by atoms with Crippen molar-refractivity contribution < 1.29 is 4.79 Å². The van der Waals surface area contributed by atoms with Gasteiger partial charge in [0.15, 0.2) is 11.0 Å². The summed E-state index contributed by atoms with van der Waals surface area (Å²) in [5.74, 6) is 0.0513. The van der Waals surface area contributed by atoms with E-state index in [0.717, 1.165) is 0 Å². The molecular formula is C9H13ClN4O. The van der Waals surface area contributed by atoms with Gasteiger partial charge in [-0.15, -0.1) is 10.2 Å². The molecule has 1 atom stereocenters. The smallest absolute Gasteiger partial charge is 0.229 e. The number of nitrogens with two attached hydrogens (primary N) is 1. The Morgan fingerprint density at radius 3 is 2.80 bits per heavy atom. The van der Waals surface area contributed by atoms with Crippen LogP contribution >= 0.6 is 11.6 Å². The Labute approximate surface area is 93.0 Å². The molecule has 0 radical (unpaired) electrons. The van der Waals surface area contributed by atoms with Crippen LogP contribution in [0.5, 0.6) is 0 Å². The van der Waals surface area contributed by atoms with E-state index in [1.807, 2.05) is 6.92 Å². The number of hydrogen-bond donors (Lipinski definition) is 2. The largest absolute Gasteiger partial charge is 0.330 e. The van der Waals surface area contributed by atoms with Crippen molar-refractivity contribution in [3.63, 3.8) is 0 Å². The fraction of sp³-hybridized carbons (Fsp3) is 0.444. The fourth-order valence-corrected chi connectivity index (χ4v) is 1.17. The van der Waals surface area contributed by atoms with E-state index in [2.05, 4.69) is 15.5 Å². The van der Waals surface area contributed by atoms with Crippen molar-refractivity contribution in [2.45, 2.75) is 13.3 Å². The Kier molecular flexibility index (Phi) is 4.45. The lowest BCUT2D eigenvalue weighted by molar-refractivity contribution is -0.119. The summed E-state index contributed by atoms with van der Waals surface area (Å²) in [6.45, 7) is 2.23. The molecule has 5 nitrogen and oxygen atoms in total. The first-order valence-electron chi connectivity index (χ1n) is 4.67. The standard InChI is InChI=1S/C9H13ClN4O/c1-2-6(5-11)9(15)12-8-4-3-7(10)13-14-8/h3-4,6H,2,5,11H2,1H3,(H,12,14,15). The van der Waals surface area contributed by atoms with Crippen molar-refractivity contribution in [1.29, 1.82) is 0 Å². The molecule has 0 aliphatic rings. The molecule has 3 N–H and O–H groups in total. The SMILES string of the molecule is CCC(CN)C(=O)Nc1ccc(Cl)nn1. The van der Waals surface area contributed by atoms with Gasteiger partial charge in [0.1, 0.15) is 0 Å². The van der Waals surface area contributed by atoms with Crippen molar-refractivity contribution in [2.24, 2.45) is 11.7 Å². The number of carbonyl (C=O) groups is 1. The molecule has 1 unspecified atom stereocenters. The number of anilines is 1. The van der Waals surface area contributed by atoms with E-state index >= 15 is 0 Å². The first-order chi connectivity index (χ1) is 7.17. The normalized spacial score (nSPS) is 12.2. The van der Waals surface area contributed by atoms with Crippen molar-refractivity contribution in [3.8, 4) is 0 Å². The summed E-state index contributed by atoms with van der Waals surface area (Å²) in [6, 6.07) is 3.16. The maximum atomic E-state index is 11.6. The third-order valence-electron chi connectivity index (χ3n) is 2.03. The van der Waals surface area contributed by atoms with Crippen LogP contribution in [0, 0.1) is 5.92 Å². The van der Waals surface area contributed by atoms with Crippen LogP contribution in [-0.2, 0) is 4.79 Å². The zero-order valence-electron chi connectivity index (χ0n) is 8.40. The monoisotopic (exact) mass is 228 g/mol. The van der Waals surface area contributed by atoms with Gasteiger partial charge in [-0.3, -0.25) is 4.79 Å². The summed E-state index contributed by atoms with van der Waals surface area (Å²) in [5, 5.41) is 10.2. The molecule has 0 aromatic carbocycles. The second-order valence-corrected chi connectivity index (χ2v) is 3.46. The number of hydrogen-bond acceptors (Lipinski definition) is 4. The number of nitrogens with zero attached hydrogens (tertiary/aromatic N) is 2. The molecule has 0 bridgehead atoms. The molecule has 0 aliphatic heterocycles. The Morgan fingerprint density at radius 1 is 1.60 bits per heavy atom. The number of carbonyl (C=O) groups excluding carboxylic acids is 1. The first-order valence-corrected chi connectivity index (χ1v) is 5.05. The first kappa shape index (κ1) is 11.9. The highest BCUT2D eigenvalue weighted by molar-refractivity contribution is 6.29. The summed E-state index contributed by atoms with van der Waals surface area (Å²) in [7, 11) is 0. The Hall–Kier alpha value is -1.20. The molecule has 1 heterocycles. The van der Waals surface area contributed by atoms with Crippen molar-refractivity contribution in [2.75, 3.05) is 11.9 Å². The highest BCUT2D eigenvalue weighted by atomic mass is 35.5. The average molecular weight is 229 g/mol. The number of nitrogens with one attached hydrogen (secondary N) is 1. The van der Waals surface area contributed by atoms with Crippen LogP contribution in [0.3, 0.4) is 0 Å². The third-order valence-corrected chi connectivity index (χ3v) is 2.23. The average Bonchev–Trinajstić information content (AvgIpc) is 2.23. The molecule has 1 rings (SSSR count). The predicted molar refractivity (Wildman–Crippen MR) is 58.5 cm³/mol. The summed E-state index contributed by atoms with van der Waals surface area (Å²) >= 11 is 5.56. The molecule has 0 saturated heterocycles. The highest BCUT2D eigenvalue weighted by Gasteiger charge is 2.14. The van der Waals surface area contributed by atoms with Gasteiger partial charge < -0.3 is 11.1 Å². The maximum Gasteiger partial charge on any atom is 0.229 e. The van der Waals surface area contributed by atoms with Gasteiger partial charge in [0.25, 0.3) is 0 Å². The van der Waals surface area contributed by atoms with E-state index in [1.54, 1.807) is 12.1 Å². The second-order valence-electron chi connectivity index (χ2n) is 3.07. The third kappa shape index (κ3) is 3.45. The molecule has 0 saturated carbocycles. The van der Waals surface area contributed by atoms with E-state index in [1.165, 1.54) is 0 Å². The van der Waals surface area contributed by atoms with E-state index in [0.29, 0.717) is 23.9 Å². The van der Waals surface area contributed by atoms with Crippen LogP contribution in [0.25, 0.3) is 0 Å². The van der Waals surface area contributed by atoms with E-state index in [9.17, 15) is 4.79 Å². The second kappa shape index (κ2) is 5.63. The minimum absolute atomic E-state index is 0.142. The molecule has 15 heavy (non-hydrogen) atoms. The van der Waals surface area contributed by atoms with Gasteiger partial charge in [-0.05, 0) is 18.6 Å². The van der Waals surface area contributed by atoms with Gasteiger partial charge in [0, 0.05) is 6.54 Å². The Bertz CT molecular complexity index is 323. The number of halogens is 1. The minimum Gasteiger partial charge on any atom is -0.330 e. The summed E-state index contributed by atoms with van der Waals surface area (Å²) < 4.78 is 0. The molecule has 1 amide bonds. The molecule has 0 aliphatic carbocycles. The van der Waals surface area contributed by atoms with Crippen LogP contribution in [-0.4, -0.2) is 22.6 Å². The van der Waals surface area contributed by atoms with Crippen molar-refractivity contribution >= 4 is 23.3 Å². The van der Waals surface area contributed by atoms with E-state index in [-0.39, 0.29) is 11.8 Å². The number of rotatable bonds is 4. The van der Waals surface area contributed by atoms with Crippen molar-refractivity contribution in [3.05, 3.63) is 17.3 Å². The van der Waals surface area contributed by atoms with Crippen LogP contribution in [0.15, 0.2) is 12.1 Å². The summed E-state index contributed by atoms with van der Waals surface area (Å²) in [4.78, 5) is 11.6. The van der Waals surface area contributed by atoms with Gasteiger partial charge in [0.2, 0.25) is 5.91 Å². The van der Waals surface area contributed by atoms with Gasteiger partial charge >= 0.3 is 0 Å². The van der Waals surface area contributed by atoms with Crippen LogP contribution < -0.4 is 11.1 Å². The Balaban J connectivity index is 2.61. The maximum absolute atomic E-state index is 11.6. The molecular weight excluding hydrogens is 216 g/mol. The molecule has 1 aromatic rings. The number of amides is 1. The topological polar surface area (TPSA) is 80.9 Å². The van der Waals surface area contributed by atoms with E-state index < -0.39 is 0 Å². The Morgan fingerprint density at radius 2 is 2.33 bits per heavy atom. The lowest BCUT2D eigenvalue weighted by atomic mass is 10.1. The van der Waals surface area contributed by atoms with Crippen LogP contribution in [0.4, 0.5) is 5.82 Å². The molecule has 1 aromatic heterocycles. The molecule has 0 spiro atoms. The highest BCUT2D eigenvalue weighted by Crippen LogP contribution is 2.08. The van der Waals surface area contributed by atoms with Crippen LogP contribution in [0.1, 0.15) is 13.3 Å². The predicted octanol–water partition coefficient (Wildman–Crippen LogP) is 1.05. The minimum atomic E-state index is -0.192. The van der Waals surface area contributed by atoms with Gasteiger partial charge in [-0.1, -0.05) is 18.5 Å². The van der Waals surface area contributed by atoms with Crippen LogP contribution in [0.2, 0.25) is 5.15 Å². The summed E-state index contributed by atoms with van der Waals surface area (Å²) in [5.41, 5.74) is 5.44. The quantitative estimate of drug-likeness (QED) is 0.807. The lowest BCUT2D eigenvalue weighted by Crippen LogP contribution is -2.29.